The number of carbonyl (C=O) groups is 1. The summed E-state index contributed by atoms with van der Waals surface area (Å²) in [6.45, 7) is 3.13. The molecular weight excluding hydrogens is 386 g/mol. The Morgan fingerprint density at radius 2 is 1.96 bits per heavy atom. The van der Waals surface area contributed by atoms with E-state index in [9.17, 15) is 4.79 Å². The summed E-state index contributed by atoms with van der Waals surface area (Å²) >= 11 is 3.42. The van der Waals surface area contributed by atoms with Crippen molar-refractivity contribution in [3.63, 3.8) is 0 Å². The van der Waals surface area contributed by atoms with Crippen LogP contribution in [0.5, 0.6) is 17.2 Å². The summed E-state index contributed by atoms with van der Waals surface area (Å²) < 4.78 is 17.1. The Morgan fingerprint density at radius 1 is 1.20 bits per heavy atom. The number of hydrogen-bond acceptors (Lipinski definition) is 4. The van der Waals surface area contributed by atoms with Crippen LogP contribution in [0.3, 0.4) is 0 Å². The van der Waals surface area contributed by atoms with E-state index in [1.165, 1.54) is 0 Å². The van der Waals surface area contributed by atoms with E-state index in [2.05, 4.69) is 21.2 Å². The van der Waals surface area contributed by atoms with Crippen LogP contribution in [0.15, 0.2) is 40.9 Å². The Bertz CT molecular complexity index is 778. The molecule has 3 rings (SSSR count). The molecule has 1 heterocycles. The first-order valence-corrected chi connectivity index (χ1v) is 8.95. The maximum Gasteiger partial charge on any atom is 0.253 e. The van der Waals surface area contributed by atoms with Gasteiger partial charge in [0.1, 0.15) is 19.0 Å². The van der Waals surface area contributed by atoms with Crippen LogP contribution in [0.25, 0.3) is 0 Å². The molecule has 1 N–H and O–H groups in total. The average Bonchev–Trinajstić information content (AvgIpc) is 2.66. The Morgan fingerprint density at radius 3 is 2.68 bits per heavy atom. The van der Waals surface area contributed by atoms with E-state index in [0.29, 0.717) is 24.5 Å². The molecule has 5 nitrogen and oxygen atoms in total. The number of amides is 1. The van der Waals surface area contributed by atoms with Gasteiger partial charge in [-0.05, 0) is 58.2 Å². The minimum absolute atomic E-state index is 0.124. The number of rotatable bonds is 5. The van der Waals surface area contributed by atoms with Crippen LogP contribution < -0.4 is 19.5 Å². The SMILES string of the molecule is CCC(NC(=O)c1cc(OC)ccc1Br)c1ccc2c(c1)OCCO2. The van der Waals surface area contributed by atoms with Crippen molar-refractivity contribution in [2.45, 2.75) is 19.4 Å². The van der Waals surface area contributed by atoms with Crippen molar-refractivity contribution >= 4 is 21.8 Å². The smallest absolute Gasteiger partial charge is 0.253 e. The lowest BCUT2D eigenvalue weighted by Crippen LogP contribution is -2.28. The number of methoxy groups -OCH3 is 1. The molecule has 0 radical (unpaired) electrons. The zero-order valence-electron chi connectivity index (χ0n) is 14.2. The van der Waals surface area contributed by atoms with E-state index in [-0.39, 0.29) is 11.9 Å². The summed E-state index contributed by atoms with van der Waals surface area (Å²) in [6, 6.07) is 11.0. The van der Waals surface area contributed by atoms with Gasteiger partial charge in [0.25, 0.3) is 5.91 Å². The fourth-order valence-electron chi connectivity index (χ4n) is 2.74. The van der Waals surface area contributed by atoms with Crippen LogP contribution in [-0.2, 0) is 0 Å². The lowest BCUT2D eigenvalue weighted by molar-refractivity contribution is 0.0934. The third-order valence-corrected chi connectivity index (χ3v) is 4.79. The summed E-state index contributed by atoms with van der Waals surface area (Å²) in [5, 5.41) is 3.08. The van der Waals surface area contributed by atoms with E-state index >= 15 is 0 Å². The average molecular weight is 406 g/mol. The van der Waals surface area contributed by atoms with E-state index in [0.717, 1.165) is 28.0 Å². The molecule has 0 aliphatic carbocycles. The molecule has 0 fully saturated rings. The molecule has 0 saturated carbocycles. The highest BCUT2D eigenvalue weighted by molar-refractivity contribution is 9.10. The van der Waals surface area contributed by atoms with Gasteiger partial charge in [-0.15, -0.1) is 0 Å². The Balaban J connectivity index is 1.81. The van der Waals surface area contributed by atoms with E-state index in [1.54, 1.807) is 25.3 Å². The molecule has 0 saturated heterocycles. The van der Waals surface area contributed by atoms with Gasteiger partial charge in [-0.1, -0.05) is 13.0 Å². The number of ether oxygens (including phenoxy) is 3. The first kappa shape index (κ1) is 17.6. The molecule has 6 heteroatoms. The number of nitrogens with one attached hydrogen (secondary N) is 1. The lowest BCUT2D eigenvalue weighted by atomic mass is 10.0. The van der Waals surface area contributed by atoms with Crippen LogP contribution in [0.1, 0.15) is 35.3 Å². The number of halogens is 1. The highest BCUT2D eigenvalue weighted by atomic mass is 79.9. The minimum atomic E-state index is -0.160. The molecule has 0 bridgehead atoms. The maximum absolute atomic E-state index is 12.7. The van der Waals surface area contributed by atoms with Crippen LogP contribution in [0.4, 0.5) is 0 Å². The summed E-state index contributed by atoms with van der Waals surface area (Å²) in [6.07, 6.45) is 0.757. The van der Waals surface area contributed by atoms with Crippen molar-refractivity contribution in [1.29, 1.82) is 0 Å². The second kappa shape index (κ2) is 7.78. The van der Waals surface area contributed by atoms with E-state index in [4.69, 9.17) is 14.2 Å². The number of hydrogen-bond donors (Lipinski definition) is 1. The van der Waals surface area contributed by atoms with Gasteiger partial charge in [0.2, 0.25) is 0 Å². The molecule has 1 unspecified atom stereocenters. The van der Waals surface area contributed by atoms with Gasteiger partial charge in [0.05, 0.1) is 18.7 Å². The third-order valence-electron chi connectivity index (χ3n) is 4.10. The van der Waals surface area contributed by atoms with Crippen LogP contribution in [0.2, 0.25) is 0 Å². The van der Waals surface area contributed by atoms with Crippen LogP contribution >= 0.6 is 15.9 Å². The van der Waals surface area contributed by atoms with Crippen molar-refractivity contribution in [3.05, 3.63) is 52.0 Å². The summed E-state index contributed by atoms with van der Waals surface area (Å²) in [5.41, 5.74) is 1.52. The van der Waals surface area contributed by atoms with Gasteiger partial charge in [-0.25, -0.2) is 0 Å². The quantitative estimate of drug-likeness (QED) is 0.812. The molecule has 2 aromatic carbocycles. The zero-order chi connectivity index (χ0) is 17.8. The molecule has 1 aliphatic heterocycles. The van der Waals surface area contributed by atoms with Gasteiger partial charge in [0, 0.05) is 4.47 Å². The van der Waals surface area contributed by atoms with Gasteiger partial charge in [-0.3, -0.25) is 4.79 Å². The van der Waals surface area contributed by atoms with Crippen molar-refractivity contribution in [2.75, 3.05) is 20.3 Å². The molecule has 0 aromatic heterocycles. The standard InChI is InChI=1S/C19H20BrNO4/c1-3-16(12-4-7-17-18(10-12)25-9-8-24-17)21-19(22)14-11-13(23-2)5-6-15(14)20/h4-7,10-11,16H,3,8-9H2,1-2H3,(H,21,22). The minimum Gasteiger partial charge on any atom is -0.497 e. The molecule has 0 spiro atoms. The Hall–Kier alpha value is -2.21. The fourth-order valence-corrected chi connectivity index (χ4v) is 3.17. The number of benzene rings is 2. The highest BCUT2D eigenvalue weighted by Gasteiger charge is 2.19. The predicted molar refractivity (Wildman–Crippen MR) is 98.6 cm³/mol. The largest absolute Gasteiger partial charge is 0.497 e. The maximum atomic E-state index is 12.7. The molecule has 1 amide bonds. The molecule has 1 atom stereocenters. The molecular formula is C19H20BrNO4. The number of fused-ring (bicyclic) bond motifs is 1. The van der Waals surface area contributed by atoms with E-state index in [1.807, 2.05) is 25.1 Å². The van der Waals surface area contributed by atoms with Crippen molar-refractivity contribution in [2.24, 2.45) is 0 Å². The Kier molecular flexibility index (Phi) is 5.48. The van der Waals surface area contributed by atoms with Crippen molar-refractivity contribution < 1.29 is 19.0 Å². The molecule has 2 aromatic rings. The highest BCUT2D eigenvalue weighted by Crippen LogP contribution is 2.33. The summed E-state index contributed by atoms with van der Waals surface area (Å²) in [5.74, 6) is 1.94. The second-order valence-electron chi connectivity index (χ2n) is 5.68. The van der Waals surface area contributed by atoms with Gasteiger partial charge in [0.15, 0.2) is 11.5 Å². The molecule has 132 valence electrons. The lowest BCUT2D eigenvalue weighted by Gasteiger charge is -2.22. The molecule has 1 aliphatic rings. The summed E-state index contributed by atoms with van der Waals surface area (Å²) in [4.78, 5) is 12.7. The Labute approximate surface area is 155 Å². The van der Waals surface area contributed by atoms with E-state index < -0.39 is 0 Å². The molecule has 25 heavy (non-hydrogen) atoms. The predicted octanol–water partition coefficient (Wildman–Crippen LogP) is 4.11. The number of carbonyl (C=O) groups excluding carboxylic acids is 1. The van der Waals surface area contributed by atoms with Crippen LogP contribution in [0, 0.1) is 0 Å². The summed E-state index contributed by atoms with van der Waals surface area (Å²) in [7, 11) is 1.58. The topological polar surface area (TPSA) is 56.8 Å². The van der Waals surface area contributed by atoms with Gasteiger partial charge < -0.3 is 19.5 Å². The monoisotopic (exact) mass is 405 g/mol. The van der Waals surface area contributed by atoms with Crippen molar-refractivity contribution in [1.82, 2.24) is 5.32 Å². The first-order chi connectivity index (χ1) is 12.1. The van der Waals surface area contributed by atoms with Gasteiger partial charge >= 0.3 is 0 Å². The fraction of sp³-hybridized carbons (Fsp3) is 0.316. The zero-order valence-corrected chi connectivity index (χ0v) is 15.8. The first-order valence-electron chi connectivity index (χ1n) is 8.16. The van der Waals surface area contributed by atoms with Crippen LogP contribution in [-0.4, -0.2) is 26.2 Å². The van der Waals surface area contributed by atoms with Crippen molar-refractivity contribution in [3.8, 4) is 17.2 Å². The van der Waals surface area contributed by atoms with Gasteiger partial charge in [-0.2, -0.15) is 0 Å². The normalized spacial score (nSPS) is 13.9. The second-order valence-corrected chi connectivity index (χ2v) is 6.54. The third kappa shape index (κ3) is 3.90.